The lowest BCUT2D eigenvalue weighted by atomic mass is 9.91. The smallest absolute Gasteiger partial charge is 0.304 e. The monoisotopic (exact) mass is 227 g/mol. The predicted molar refractivity (Wildman–Crippen MR) is 65.2 cm³/mol. The summed E-state index contributed by atoms with van der Waals surface area (Å²) in [7, 11) is 0. The standard InChI is InChI=1S/C13H25NO2/c1-10(8-12(14)9-13(15)16)6-7-11-4-2-3-5-11/h10-12H,2-9,14H2,1H3,(H,15,16). The molecule has 1 aliphatic rings. The molecule has 3 nitrogen and oxygen atoms in total. The van der Waals surface area contributed by atoms with E-state index in [1.54, 1.807) is 0 Å². The molecule has 2 unspecified atom stereocenters. The summed E-state index contributed by atoms with van der Waals surface area (Å²) in [6.45, 7) is 2.19. The van der Waals surface area contributed by atoms with Crippen LogP contribution in [0.15, 0.2) is 0 Å². The minimum atomic E-state index is -0.782. The van der Waals surface area contributed by atoms with Crippen molar-refractivity contribution in [3.63, 3.8) is 0 Å². The van der Waals surface area contributed by atoms with Crippen molar-refractivity contribution < 1.29 is 9.90 Å². The van der Waals surface area contributed by atoms with Crippen LogP contribution in [0.2, 0.25) is 0 Å². The maximum atomic E-state index is 10.5. The fourth-order valence-corrected chi connectivity index (χ4v) is 2.76. The molecule has 0 spiro atoms. The number of hydrogen-bond acceptors (Lipinski definition) is 2. The van der Waals surface area contributed by atoms with Crippen molar-refractivity contribution in [2.75, 3.05) is 0 Å². The molecule has 94 valence electrons. The molecule has 0 aromatic carbocycles. The normalized spacial score (nSPS) is 20.9. The Morgan fingerprint density at radius 1 is 1.44 bits per heavy atom. The van der Waals surface area contributed by atoms with Crippen molar-refractivity contribution in [2.45, 2.75) is 64.3 Å². The zero-order valence-electron chi connectivity index (χ0n) is 10.3. The summed E-state index contributed by atoms with van der Waals surface area (Å²) < 4.78 is 0. The minimum absolute atomic E-state index is 0.105. The molecule has 0 aromatic heterocycles. The number of hydrogen-bond donors (Lipinski definition) is 2. The Morgan fingerprint density at radius 2 is 2.06 bits per heavy atom. The summed E-state index contributed by atoms with van der Waals surface area (Å²) in [5.41, 5.74) is 5.78. The van der Waals surface area contributed by atoms with Gasteiger partial charge in [-0.15, -0.1) is 0 Å². The Morgan fingerprint density at radius 3 is 2.62 bits per heavy atom. The van der Waals surface area contributed by atoms with E-state index in [1.807, 2.05) is 0 Å². The number of nitrogens with two attached hydrogens (primary N) is 1. The lowest BCUT2D eigenvalue weighted by molar-refractivity contribution is -0.137. The van der Waals surface area contributed by atoms with Crippen molar-refractivity contribution in [3.05, 3.63) is 0 Å². The molecule has 1 rings (SSSR count). The molecule has 0 saturated heterocycles. The van der Waals surface area contributed by atoms with Gasteiger partial charge in [0.05, 0.1) is 6.42 Å². The fourth-order valence-electron chi connectivity index (χ4n) is 2.76. The zero-order valence-corrected chi connectivity index (χ0v) is 10.3. The maximum Gasteiger partial charge on any atom is 0.304 e. The van der Waals surface area contributed by atoms with Crippen molar-refractivity contribution in [1.82, 2.24) is 0 Å². The molecule has 0 radical (unpaired) electrons. The number of rotatable bonds is 7. The van der Waals surface area contributed by atoms with Gasteiger partial charge in [0, 0.05) is 6.04 Å². The Balaban J connectivity index is 2.09. The third-order valence-electron chi connectivity index (χ3n) is 3.68. The van der Waals surface area contributed by atoms with Crippen LogP contribution in [0.4, 0.5) is 0 Å². The fraction of sp³-hybridized carbons (Fsp3) is 0.923. The highest BCUT2D eigenvalue weighted by molar-refractivity contribution is 5.67. The van der Waals surface area contributed by atoms with Gasteiger partial charge in [0.2, 0.25) is 0 Å². The first-order valence-corrected chi connectivity index (χ1v) is 6.55. The SMILES string of the molecule is CC(CCC1CCCC1)CC(N)CC(=O)O. The first-order valence-electron chi connectivity index (χ1n) is 6.55. The van der Waals surface area contributed by atoms with Crippen LogP contribution in [0.5, 0.6) is 0 Å². The van der Waals surface area contributed by atoms with Gasteiger partial charge in [-0.1, -0.05) is 45.4 Å². The van der Waals surface area contributed by atoms with Gasteiger partial charge < -0.3 is 10.8 Å². The molecular weight excluding hydrogens is 202 g/mol. The largest absolute Gasteiger partial charge is 0.481 e. The molecular formula is C13H25NO2. The highest BCUT2D eigenvalue weighted by atomic mass is 16.4. The van der Waals surface area contributed by atoms with Crippen molar-refractivity contribution >= 4 is 5.97 Å². The molecule has 16 heavy (non-hydrogen) atoms. The average molecular weight is 227 g/mol. The molecule has 3 heteroatoms. The van der Waals surface area contributed by atoms with E-state index in [9.17, 15) is 4.79 Å². The molecule has 0 bridgehead atoms. The van der Waals surface area contributed by atoms with Gasteiger partial charge in [0.15, 0.2) is 0 Å². The predicted octanol–water partition coefficient (Wildman–Crippen LogP) is 2.79. The number of carboxylic acid groups (broad SMARTS) is 1. The van der Waals surface area contributed by atoms with Crippen LogP contribution in [0.25, 0.3) is 0 Å². The van der Waals surface area contributed by atoms with E-state index in [0.29, 0.717) is 5.92 Å². The zero-order chi connectivity index (χ0) is 12.0. The van der Waals surface area contributed by atoms with Crippen LogP contribution < -0.4 is 5.73 Å². The Bertz CT molecular complexity index is 212. The highest BCUT2D eigenvalue weighted by Crippen LogP contribution is 2.30. The van der Waals surface area contributed by atoms with Gasteiger partial charge in [0.25, 0.3) is 0 Å². The Hall–Kier alpha value is -0.570. The van der Waals surface area contributed by atoms with E-state index in [0.717, 1.165) is 12.3 Å². The average Bonchev–Trinajstić information content (AvgIpc) is 2.65. The minimum Gasteiger partial charge on any atom is -0.481 e. The second-order valence-electron chi connectivity index (χ2n) is 5.43. The third-order valence-corrected chi connectivity index (χ3v) is 3.68. The van der Waals surface area contributed by atoms with E-state index in [4.69, 9.17) is 10.8 Å². The molecule has 1 saturated carbocycles. The van der Waals surface area contributed by atoms with E-state index in [-0.39, 0.29) is 12.5 Å². The van der Waals surface area contributed by atoms with Crippen LogP contribution >= 0.6 is 0 Å². The second-order valence-corrected chi connectivity index (χ2v) is 5.43. The van der Waals surface area contributed by atoms with E-state index < -0.39 is 5.97 Å². The van der Waals surface area contributed by atoms with Crippen LogP contribution in [0.1, 0.15) is 58.3 Å². The molecule has 2 atom stereocenters. The lowest BCUT2D eigenvalue weighted by Gasteiger charge is -2.17. The number of carbonyl (C=O) groups is 1. The quantitative estimate of drug-likeness (QED) is 0.703. The lowest BCUT2D eigenvalue weighted by Crippen LogP contribution is -2.26. The number of carboxylic acids is 1. The van der Waals surface area contributed by atoms with Gasteiger partial charge in [0.1, 0.15) is 0 Å². The summed E-state index contributed by atoms with van der Waals surface area (Å²) in [6.07, 6.45) is 9.06. The maximum absolute atomic E-state index is 10.5. The van der Waals surface area contributed by atoms with Crippen LogP contribution in [0.3, 0.4) is 0 Å². The molecule has 0 aliphatic heterocycles. The van der Waals surface area contributed by atoms with E-state index in [2.05, 4.69) is 6.92 Å². The molecule has 0 heterocycles. The van der Waals surface area contributed by atoms with Crippen LogP contribution in [0, 0.1) is 11.8 Å². The molecule has 1 aliphatic carbocycles. The molecule has 0 amide bonds. The summed E-state index contributed by atoms with van der Waals surface area (Å²) in [5.74, 6) is 0.712. The van der Waals surface area contributed by atoms with Crippen LogP contribution in [-0.4, -0.2) is 17.1 Å². The topological polar surface area (TPSA) is 63.3 Å². The summed E-state index contributed by atoms with van der Waals surface area (Å²) in [5, 5.41) is 8.62. The summed E-state index contributed by atoms with van der Waals surface area (Å²) >= 11 is 0. The summed E-state index contributed by atoms with van der Waals surface area (Å²) in [4.78, 5) is 10.5. The van der Waals surface area contributed by atoms with E-state index >= 15 is 0 Å². The first kappa shape index (κ1) is 13.5. The van der Waals surface area contributed by atoms with Gasteiger partial charge >= 0.3 is 5.97 Å². The molecule has 3 N–H and O–H groups in total. The van der Waals surface area contributed by atoms with Gasteiger partial charge in [-0.3, -0.25) is 4.79 Å². The molecule has 1 fully saturated rings. The highest BCUT2D eigenvalue weighted by Gasteiger charge is 2.17. The van der Waals surface area contributed by atoms with Gasteiger partial charge in [-0.05, 0) is 18.3 Å². The van der Waals surface area contributed by atoms with Gasteiger partial charge in [-0.25, -0.2) is 0 Å². The third kappa shape index (κ3) is 5.50. The number of aliphatic carboxylic acids is 1. The first-order chi connectivity index (χ1) is 7.58. The van der Waals surface area contributed by atoms with E-state index in [1.165, 1.54) is 38.5 Å². The van der Waals surface area contributed by atoms with Crippen molar-refractivity contribution in [3.8, 4) is 0 Å². The Kier molecular flexibility index (Phi) is 5.81. The second kappa shape index (κ2) is 6.89. The Labute approximate surface area is 98.4 Å². The molecule has 0 aromatic rings. The van der Waals surface area contributed by atoms with Crippen molar-refractivity contribution in [2.24, 2.45) is 17.6 Å². The van der Waals surface area contributed by atoms with Crippen LogP contribution in [-0.2, 0) is 4.79 Å². The summed E-state index contributed by atoms with van der Waals surface area (Å²) in [6, 6.07) is -0.170. The van der Waals surface area contributed by atoms with Gasteiger partial charge in [-0.2, -0.15) is 0 Å². The van der Waals surface area contributed by atoms with Crippen molar-refractivity contribution in [1.29, 1.82) is 0 Å².